The SMILES string of the molecule is CCCCCC/C=C\C=C/CCCCCCCC(=O)O[C@H](COC(=O)CCCCCCCCC(C)C)COP(=O)(O)OC[C@@H](O)COP(=O)(O)OC[C@@H](COC(=O)CCCCCCCCC(C)CC)OC(=O)CCCCCCCCCCCCCCCCCC(C)C. The molecule has 0 heterocycles. The van der Waals surface area contributed by atoms with Crippen LogP contribution in [0.2, 0.25) is 0 Å². The molecule has 0 aliphatic carbocycles. The molecular formula is C73H138O17P2. The van der Waals surface area contributed by atoms with E-state index in [2.05, 4.69) is 72.8 Å². The number of esters is 4. The Balaban J connectivity index is 5.24. The predicted molar refractivity (Wildman–Crippen MR) is 372 cm³/mol. The van der Waals surface area contributed by atoms with Crippen LogP contribution in [0.5, 0.6) is 0 Å². The smallest absolute Gasteiger partial charge is 0.462 e. The molecule has 6 atom stereocenters. The molecule has 19 heteroatoms. The summed E-state index contributed by atoms with van der Waals surface area (Å²) in [7, 11) is -9.92. The topological polar surface area (TPSA) is 237 Å². The van der Waals surface area contributed by atoms with Crippen LogP contribution < -0.4 is 0 Å². The van der Waals surface area contributed by atoms with Gasteiger partial charge in [0, 0.05) is 25.7 Å². The van der Waals surface area contributed by atoms with Crippen LogP contribution in [-0.4, -0.2) is 96.7 Å². The lowest BCUT2D eigenvalue weighted by atomic mass is 10.00. The summed E-state index contributed by atoms with van der Waals surface area (Å²) in [5.41, 5.74) is 0. The zero-order chi connectivity index (χ0) is 68.0. The number of hydrogen-bond acceptors (Lipinski definition) is 15. The van der Waals surface area contributed by atoms with E-state index in [4.69, 9.17) is 37.0 Å². The minimum Gasteiger partial charge on any atom is -0.462 e. The van der Waals surface area contributed by atoms with Gasteiger partial charge in [-0.2, -0.15) is 0 Å². The molecule has 0 spiro atoms. The van der Waals surface area contributed by atoms with Crippen molar-refractivity contribution >= 4 is 39.5 Å². The van der Waals surface area contributed by atoms with Crippen molar-refractivity contribution in [1.29, 1.82) is 0 Å². The van der Waals surface area contributed by atoms with Crippen molar-refractivity contribution < 1.29 is 80.2 Å². The Labute approximate surface area is 561 Å². The Hall–Kier alpha value is -2.46. The van der Waals surface area contributed by atoms with E-state index in [1.165, 1.54) is 128 Å². The molecule has 0 aromatic heterocycles. The molecule has 0 aromatic carbocycles. The standard InChI is InChI=1S/C73H138O17P2/c1-8-10-11-12-13-14-15-16-18-22-25-28-31-42-49-56-72(77)89-68(60-83-70(75)54-47-40-35-33-38-45-52-65(5)6)62-87-91(79,80)85-58-67(74)59-86-92(81,82)88-63-69(61-84-71(76)55-48-41-36-34-39-46-53-66(7)9-2)90-73(78)57-50-43-32-29-26-23-20-17-19-21-24-27-30-37-44-51-64(3)4/h14-16,18,64-69,74H,8-13,17,19-63H2,1-7H3,(H,79,80)(H,81,82)/b15-14-,18-16-/t66?,67-,68-,69-/m1/s1. The normalized spacial score (nSPS) is 14.6. The summed E-state index contributed by atoms with van der Waals surface area (Å²) in [6, 6.07) is 0. The number of carbonyl (C=O) groups excluding carboxylic acids is 4. The van der Waals surface area contributed by atoms with E-state index in [0.29, 0.717) is 31.6 Å². The molecule has 0 amide bonds. The van der Waals surface area contributed by atoms with Crippen molar-refractivity contribution in [2.24, 2.45) is 17.8 Å². The van der Waals surface area contributed by atoms with Crippen molar-refractivity contribution in [3.8, 4) is 0 Å². The van der Waals surface area contributed by atoms with Gasteiger partial charge in [0.2, 0.25) is 0 Å². The Morgan fingerprint density at radius 3 is 0.967 bits per heavy atom. The number of carbonyl (C=O) groups is 4. The maximum absolute atomic E-state index is 13.0. The summed E-state index contributed by atoms with van der Waals surface area (Å²) in [5.74, 6) is 0.0497. The van der Waals surface area contributed by atoms with E-state index in [9.17, 15) is 43.2 Å². The average molecular weight is 1350 g/mol. The molecule has 0 fully saturated rings. The van der Waals surface area contributed by atoms with Gasteiger partial charge in [-0.15, -0.1) is 0 Å². The molecule has 0 aromatic rings. The van der Waals surface area contributed by atoms with E-state index in [1.807, 2.05) is 0 Å². The fraction of sp³-hybridized carbons (Fsp3) is 0.890. The zero-order valence-electron chi connectivity index (χ0n) is 59.5. The fourth-order valence-electron chi connectivity index (χ4n) is 10.5. The number of hydrogen-bond donors (Lipinski definition) is 3. The van der Waals surface area contributed by atoms with Crippen molar-refractivity contribution in [2.45, 2.75) is 362 Å². The highest BCUT2D eigenvalue weighted by molar-refractivity contribution is 7.47. The van der Waals surface area contributed by atoms with E-state index < -0.39 is 97.5 Å². The quantitative estimate of drug-likeness (QED) is 0.0169. The molecule has 0 saturated heterocycles. The van der Waals surface area contributed by atoms with E-state index in [-0.39, 0.29) is 25.7 Å². The summed E-state index contributed by atoms with van der Waals surface area (Å²) in [4.78, 5) is 72.6. The van der Waals surface area contributed by atoms with Crippen LogP contribution in [0, 0.1) is 17.8 Å². The van der Waals surface area contributed by atoms with Gasteiger partial charge in [-0.25, -0.2) is 9.13 Å². The predicted octanol–water partition coefficient (Wildman–Crippen LogP) is 20.6. The third-order valence-corrected chi connectivity index (χ3v) is 18.5. The van der Waals surface area contributed by atoms with E-state index in [0.717, 1.165) is 127 Å². The van der Waals surface area contributed by atoms with Gasteiger partial charge in [0.15, 0.2) is 12.2 Å². The maximum atomic E-state index is 13.0. The van der Waals surface area contributed by atoms with Crippen LogP contribution >= 0.6 is 15.6 Å². The monoisotopic (exact) mass is 1350 g/mol. The highest BCUT2D eigenvalue weighted by Crippen LogP contribution is 2.45. The summed E-state index contributed by atoms with van der Waals surface area (Å²) in [6.45, 7) is 11.7. The lowest BCUT2D eigenvalue weighted by molar-refractivity contribution is -0.161. The van der Waals surface area contributed by atoms with Crippen LogP contribution in [0.25, 0.3) is 0 Å². The molecule has 3 N–H and O–H groups in total. The highest BCUT2D eigenvalue weighted by atomic mass is 31.2. The number of aliphatic hydroxyl groups excluding tert-OH is 1. The lowest BCUT2D eigenvalue weighted by Crippen LogP contribution is -2.30. The first-order chi connectivity index (χ1) is 44.3. The Bertz CT molecular complexity index is 1900. The van der Waals surface area contributed by atoms with Gasteiger partial charge in [0.1, 0.15) is 19.3 Å². The molecule has 542 valence electrons. The summed E-state index contributed by atoms with van der Waals surface area (Å²) < 4.78 is 68.3. The zero-order valence-corrected chi connectivity index (χ0v) is 61.3. The Morgan fingerprint density at radius 2 is 0.641 bits per heavy atom. The summed E-state index contributed by atoms with van der Waals surface area (Å²) in [6.07, 6.45) is 51.0. The molecule has 0 bridgehead atoms. The van der Waals surface area contributed by atoms with Crippen LogP contribution in [0.3, 0.4) is 0 Å². The molecule has 0 radical (unpaired) electrons. The van der Waals surface area contributed by atoms with Crippen LogP contribution in [0.4, 0.5) is 0 Å². The first-order valence-corrected chi connectivity index (χ1v) is 40.2. The van der Waals surface area contributed by atoms with Crippen molar-refractivity contribution in [3.63, 3.8) is 0 Å². The first-order valence-electron chi connectivity index (χ1n) is 37.2. The Kier molecular flexibility index (Phi) is 61.6. The molecular weight excluding hydrogens is 1210 g/mol. The first kappa shape index (κ1) is 89.5. The van der Waals surface area contributed by atoms with Gasteiger partial charge < -0.3 is 33.8 Å². The van der Waals surface area contributed by atoms with Crippen molar-refractivity contribution in [2.75, 3.05) is 39.6 Å². The number of aliphatic hydroxyl groups is 1. The number of ether oxygens (including phenoxy) is 4. The molecule has 17 nitrogen and oxygen atoms in total. The number of phosphoric acid groups is 2. The maximum Gasteiger partial charge on any atom is 0.472 e. The average Bonchev–Trinajstić information content (AvgIpc) is 3.49. The van der Waals surface area contributed by atoms with E-state index in [1.54, 1.807) is 0 Å². The largest absolute Gasteiger partial charge is 0.472 e. The minimum atomic E-state index is -4.96. The third-order valence-electron chi connectivity index (χ3n) is 16.6. The second-order valence-electron chi connectivity index (χ2n) is 26.8. The van der Waals surface area contributed by atoms with Gasteiger partial charge in [0.05, 0.1) is 26.4 Å². The van der Waals surface area contributed by atoms with Gasteiger partial charge >= 0.3 is 39.5 Å². The molecule has 0 rings (SSSR count). The minimum absolute atomic E-state index is 0.0835. The molecule has 92 heavy (non-hydrogen) atoms. The third kappa shape index (κ3) is 64.9. The number of phosphoric ester groups is 2. The van der Waals surface area contributed by atoms with Crippen LogP contribution in [-0.2, 0) is 65.4 Å². The van der Waals surface area contributed by atoms with Gasteiger partial charge in [0.25, 0.3) is 0 Å². The van der Waals surface area contributed by atoms with Crippen LogP contribution in [0.1, 0.15) is 344 Å². The number of allylic oxidation sites excluding steroid dienone is 4. The van der Waals surface area contributed by atoms with Gasteiger partial charge in [-0.1, -0.05) is 291 Å². The van der Waals surface area contributed by atoms with Gasteiger partial charge in [-0.3, -0.25) is 37.3 Å². The highest BCUT2D eigenvalue weighted by Gasteiger charge is 2.30. The fourth-order valence-corrected chi connectivity index (χ4v) is 12.1. The van der Waals surface area contributed by atoms with Crippen molar-refractivity contribution in [3.05, 3.63) is 24.3 Å². The van der Waals surface area contributed by atoms with E-state index >= 15 is 0 Å². The van der Waals surface area contributed by atoms with Crippen LogP contribution in [0.15, 0.2) is 24.3 Å². The second-order valence-corrected chi connectivity index (χ2v) is 29.7. The van der Waals surface area contributed by atoms with Gasteiger partial charge in [-0.05, 0) is 69.1 Å². The Morgan fingerprint density at radius 1 is 0.359 bits per heavy atom. The summed E-state index contributed by atoms with van der Waals surface area (Å²) >= 11 is 0. The molecule has 3 unspecified atom stereocenters. The van der Waals surface area contributed by atoms with Crippen molar-refractivity contribution in [1.82, 2.24) is 0 Å². The second kappa shape index (κ2) is 63.3. The molecule has 0 aliphatic heterocycles. The number of rotatable bonds is 69. The molecule has 0 saturated carbocycles. The number of unbranched alkanes of at least 4 members (excludes halogenated alkanes) is 33. The molecule has 0 aliphatic rings. The summed E-state index contributed by atoms with van der Waals surface area (Å²) in [5, 5.41) is 10.6. The lowest BCUT2D eigenvalue weighted by Gasteiger charge is -2.21.